The molecule has 6 nitrogen and oxygen atoms in total. The number of carbonyl (C=O) groups is 3. The maximum absolute atomic E-state index is 10.1. The van der Waals surface area contributed by atoms with Crippen LogP contribution in [0.3, 0.4) is 0 Å². The molecular weight excluding hydrogens is 226 g/mol. The second-order valence-electron chi connectivity index (χ2n) is 3.68. The van der Waals surface area contributed by atoms with E-state index < -0.39 is 11.9 Å². The largest absolute Gasteiger partial charge is 0.481 e. The number of Topliss-reactive ketones (excluding diaryl/α,β-unsaturated/α-hetero) is 1. The summed E-state index contributed by atoms with van der Waals surface area (Å²) in [5.41, 5.74) is 0. The van der Waals surface area contributed by atoms with E-state index in [4.69, 9.17) is 10.2 Å². The number of ketones is 1. The molecule has 0 aromatic carbocycles. The van der Waals surface area contributed by atoms with Crippen LogP contribution in [0, 0.1) is 0 Å². The normalized spacial score (nSPS) is 11.0. The summed E-state index contributed by atoms with van der Waals surface area (Å²) < 4.78 is 0. The fraction of sp³-hybridized carbons (Fsp3) is 0.727. The van der Waals surface area contributed by atoms with Gasteiger partial charge in [0.2, 0.25) is 0 Å². The van der Waals surface area contributed by atoms with Crippen molar-refractivity contribution in [1.29, 1.82) is 0 Å². The lowest BCUT2D eigenvalue weighted by Gasteiger charge is -2.07. The van der Waals surface area contributed by atoms with E-state index in [1.807, 2.05) is 13.8 Å². The molecule has 1 unspecified atom stereocenters. The van der Waals surface area contributed by atoms with Gasteiger partial charge in [-0.1, -0.05) is 6.92 Å². The minimum atomic E-state index is -0.916. The molecule has 0 fully saturated rings. The highest BCUT2D eigenvalue weighted by Gasteiger charge is 1.99. The molecule has 0 saturated carbocycles. The quantitative estimate of drug-likeness (QED) is 0.617. The van der Waals surface area contributed by atoms with Crippen LogP contribution in [0.25, 0.3) is 0 Å². The van der Waals surface area contributed by atoms with Crippen molar-refractivity contribution in [3.63, 3.8) is 0 Å². The summed E-state index contributed by atoms with van der Waals surface area (Å²) in [6.07, 6.45) is 1.07. The van der Waals surface area contributed by atoms with Crippen molar-refractivity contribution in [3.8, 4) is 0 Å². The number of aliphatic carboxylic acids is 2. The summed E-state index contributed by atoms with van der Waals surface area (Å²) in [6.45, 7) is 5.42. The van der Waals surface area contributed by atoms with Gasteiger partial charge in [0.25, 0.3) is 0 Å². The summed E-state index contributed by atoms with van der Waals surface area (Å²) in [5.74, 6) is -1.79. The Hall–Kier alpha value is -1.43. The number of nitrogens with one attached hydrogen (secondary N) is 1. The average molecular weight is 247 g/mol. The smallest absolute Gasteiger partial charge is 0.317 e. The number of hydrogen-bond donors (Lipinski definition) is 3. The summed E-state index contributed by atoms with van der Waals surface area (Å²) in [6, 6.07) is 0.307. The van der Waals surface area contributed by atoms with Crippen LogP contribution < -0.4 is 5.32 Å². The van der Waals surface area contributed by atoms with Gasteiger partial charge < -0.3 is 20.3 Å². The Labute approximate surface area is 101 Å². The molecule has 0 heterocycles. The van der Waals surface area contributed by atoms with E-state index in [0.717, 1.165) is 6.42 Å². The molecule has 3 N–H and O–H groups in total. The van der Waals surface area contributed by atoms with Gasteiger partial charge in [0, 0.05) is 12.5 Å². The van der Waals surface area contributed by atoms with Gasteiger partial charge in [0.15, 0.2) is 0 Å². The molecular formula is C11H21NO5. The zero-order valence-electron chi connectivity index (χ0n) is 10.5. The van der Waals surface area contributed by atoms with Crippen molar-refractivity contribution in [1.82, 2.24) is 5.32 Å². The molecule has 1 atom stereocenters. The maximum atomic E-state index is 10.1. The zero-order valence-corrected chi connectivity index (χ0v) is 10.5. The Bertz CT molecular complexity index is 238. The van der Waals surface area contributed by atoms with Crippen molar-refractivity contribution in [2.24, 2.45) is 0 Å². The molecule has 6 heteroatoms. The predicted octanol–water partition coefficient (Wildman–Crippen LogP) is 0.899. The third-order valence-electron chi connectivity index (χ3n) is 1.91. The molecule has 17 heavy (non-hydrogen) atoms. The number of carboxylic acid groups (broad SMARTS) is 2. The van der Waals surface area contributed by atoms with Crippen molar-refractivity contribution in [3.05, 3.63) is 0 Å². The van der Waals surface area contributed by atoms with Gasteiger partial charge in [-0.3, -0.25) is 9.59 Å². The highest BCUT2D eigenvalue weighted by molar-refractivity contribution is 5.80. The van der Waals surface area contributed by atoms with E-state index >= 15 is 0 Å². The monoisotopic (exact) mass is 247 g/mol. The molecule has 0 aromatic rings. The predicted molar refractivity (Wildman–Crippen MR) is 62.9 cm³/mol. The van der Waals surface area contributed by atoms with Gasteiger partial charge in [0.05, 0.1) is 13.0 Å². The SMILES string of the molecule is CC(=O)CCC(=O)O.CCC(C)NCC(=O)O. The molecule has 0 aliphatic carbocycles. The standard InChI is InChI=1S/C6H13NO2.C5H8O3/c1-3-5(2)7-4-6(8)9;1-4(6)2-3-5(7)8/h5,7H,3-4H2,1-2H3,(H,8,9);2-3H2,1H3,(H,7,8). The van der Waals surface area contributed by atoms with Gasteiger partial charge in [-0.15, -0.1) is 0 Å². The second kappa shape index (κ2) is 11.1. The Balaban J connectivity index is 0. The lowest BCUT2D eigenvalue weighted by Crippen LogP contribution is -2.30. The molecule has 0 rings (SSSR count). The summed E-state index contributed by atoms with van der Waals surface area (Å²) in [5, 5.41) is 19.0. The molecule has 0 aromatic heterocycles. The lowest BCUT2D eigenvalue weighted by atomic mass is 10.2. The van der Waals surface area contributed by atoms with E-state index in [1.165, 1.54) is 6.92 Å². The molecule has 0 amide bonds. The topological polar surface area (TPSA) is 104 Å². The van der Waals surface area contributed by atoms with Gasteiger partial charge in [-0.05, 0) is 20.3 Å². The van der Waals surface area contributed by atoms with E-state index in [9.17, 15) is 14.4 Å². The van der Waals surface area contributed by atoms with Crippen LogP contribution in [0.1, 0.15) is 40.0 Å². The van der Waals surface area contributed by atoms with Crippen molar-refractivity contribution in [2.75, 3.05) is 6.54 Å². The van der Waals surface area contributed by atoms with Crippen molar-refractivity contribution >= 4 is 17.7 Å². The van der Waals surface area contributed by atoms with Gasteiger partial charge in [-0.2, -0.15) is 0 Å². The van der Waals surface area contributed by atoms with Crippen molar-refractivity contribution < 1.29 is 24.6 Å². The summed E-state index contributed by atoms with van der Waals surface area (Å²) in [7, 11) is 0. The lowest BCUT2D eigenvalue weighted by molar-refractivity contribution is -0.138. The molecule has 100 valence electrons. The maximum Gasteiger partial charge on any atom is 0.317 e. The zero-order chi connectivity index (χ0) is 13.8. The number of hydrogen-bond acceptors (Lipinski definition) is 4. The van der Waals surface area contributed by atoms with Crippen LogP contribution in [-0.4, -0.2) is 40.5 Å². The van der Waals surface area contributed by atoms with Crippen LogP contribution in [0.4, 0.5) is 0 Å². The molecule has 0 radical (unpaired) electrons. The fourth-order valence-electron chi connectivity index (χ4n) is 0.689. The van der Waals surface area contributed by atoms with Crippen LogP contribution in [0.15, 0.2) is 0 Å². The number of carboxylic acids is 2. The number of rotatable bonds is 7. The fourth-order valence-corrected chi connectivity index (χ4v) is 0.689. The Morgan fingerprint density at radius 1 is 1.12 bits per heavy atom. The molecule has 0 aliphatic heterocycles. The highest BCUT2D eigenvalue weighted by Crippen LogP contribution is 1.88. The summed E-state index contributed by atoms with van der Waals surface area (Å²) >= 11 is 0. The second-order valence-corrected chi connectivity index (χ2v) is 3.68. The van der Waals surface area contributed by atoms with Crippen LogP contribution >= 0.6 is 0 Å². The third kappa shape index (κ3) is 20.6. The minimum absolute atomic E-state index is 0.0463. The minimum Gasteiger partial charge on any atom is -0.481 e. The first-order valence-electron chi connectivity index (χ1n) is 5.46. The Morgan fingerprint density at radius 3 is 1.88 bits per heavy atom. The first kappa shape index (κ1) is 17.9. The van der Waals surface area contributed by atoms with Crippen molar-refractivity contribution in [2.45, 2.75) is 46.1 Å². The Kier molecular flexibility index (Phi) is 11.7. The van der Waals surface area contributed by atoms with Gasteiger partial charge in [0.1, 0.15) is 5.78 Å². The third-order valence-corrected chi connectivity index (χ3v) is 1.91. The van der Waals surface area contributed by atoms with E-state index in [-0.39, 0.29) is 25.2 Å². The van der Waals surface area contributed by atoms with E-state index in [1.54, 1.807) is 0 Å². The molecule has 0 spiro atoms. The highest BCUT2D eigenvalue weighted by atomic mass is 16.4. The van der Waals surface area contributed by atoms with E-state index in [2.05, 4.69) is 5.32 Å². The molecule has 0 aliphatic rings. The first-order chi connectivity index (χ1) is 7.79. The molecule has 0 saturated heterocycles. The van der Waals surface area contributed by atoms with Gasteiger partial charge >= 0.3 is 11.9 Å². The van der Waals surface area contributed by atoms with Crippen LogP contribution in [-0.2, 0) is 14.4 Å². The first-order valence-corrected chi connectivity index (χ1v) is 5.46. The average Bonchev–Trinajstić information content (AvgIpc) is 2.23. The van der Waals surface area contributed by atoms with Crippen LogP contribution in [0.5, 0.6) is 0 Å². The van der Waals surface area contributed by atoms with Gasteiger partial charge in [-0.25, -0.2) is 0 Å². The van der Waals surface area contributed by atoms with Crippen LogP contribution in [0.2, 0.25) is 0 Å². The van der Waals surface area contributed by atoms with E-state index in [0.29, 0.717) is 6.04 Å². The number of carbonyl (C=O) groups excluding carboxylic acids is 1. The molecule has 0 bridgehead atoms. The summed E-state index contributed by atoms with van der Waals surface area (Å²) in [4.78, 5) is 29.8. The Morgan fingerprint density at radius 2 is 1.65 bits per heavy atom.